The van der Waals surface area contributed by atoms with E-state index in [1.54, 1.807) is 13.8 Å². The number of ketones is 1. The van der Waals surface area contributed by atoms with Crippen LogP contribution in [-0.2, 0) is 9.36 Å². The van der Waals surface area contributed by atoms with Crippen molar-refractivity contribution >= 4 is 13.4 Å². The molecule has 1 rings (SSSR count). The van der Waals surface area contributed by atoms with E-state index in [0.29, 0.717) is 5.92 Å². The van der Waals surface area contributed by atoms with Gasteiger partial charge in [-0.25, -0.2) is 0 Å². The van der Waals surface area contributed by atoms with Crippen LogP contribution in [0.4, 0.5) is 0 Å². The van der Waals surface area contributed by atoms with E-state index in [1.807, 2.05) is 0 Å². The van der Waals surface area contributed by atoms with Gasteiger partial charge in [-0.15, -0.1) is 0 Å². The molecule has 0 aromatic heterocycles. The third-order valence-corrected chi connectivity index (χ3v) is 4.33. The number of hydrogen-bond acceptors (Lipinski definition) is 2. The molecular weight excluding hydrogens is 239 g/mol. The zero-order valence-corrected chi connectivity index (χ0v) is 11.6. The van der Waals surface area contributed by atoms with Gasteiger partial charge in [0, 0.05) is 5.41 Å². The largest absolute Gasteiger partial charge is 0.332 e. The van der Waals surface area contributed by atoms with Gasteiger partial charge in [0.15, 0.2) is 0 Å². The molecule has 0 aliphatic heterocycles. The third kappa shape index (κ3) is 5.33. The van der Waals surface area contributed by atoms with E-state index in [9.17, 15) is 9.36 Å². The highest BCUT2D eigenvalue weighted by Crippen LogP contribution is 2.40. The number of carbonyl (C=O) groups excluding carboxylic acids is 1. The minimum atomic E-state index is -4.22. The molecule has 5 heteroatoms. The zero-order chi connectivity index (χ0) is 13.1. The smallest absolute Gasteiger partial charge is 0.324 e. The molecule has 100 valence electrons. The number of rotatable bonds is 5. The summed E-state index contributed by atoms with van der Waals surface area (Å²) >= 11 is 0. The Kier molecular flexibility index (Phi) is 4.94. The second-order valence-electron chi connectivity index (χ2n) is 5.84. The Bertz CT molecular complexity index is 312. The van der Waals surface area contributed by atoms with E-state index in [0.717, 1.165) is 19.3 Å². The summed E-state index contributed by atoms with van der Waals surface area (Å²) in [6, 6.07) is 0. The van der Waals surface area contributed by atoms with Crippen molar-refractivity contribution in [2.75, 3.05) is 6.16 Å². The van der Waals surface area contributed by atoms with Crippen LogP contribution in [-0.4, -0.2) is 21.7 Å². The molecule has 0 radical (unpaired) electrons. The maximum absolute atomic E-state index is 11.9. The highest BCUT2D eigenvalue weighted by molar-refractivity contribution is 7.52. The molecule has 17 heavy (non-hydrogen) atoms. The number of hydrogen-bond donors (Lipinski definition) is 2. The van der Waals surface area contributed by atoms with Crippen LogP contribution in [0, 0.1) is 11.3 Å². The second kappa shape index (κ2) is 5.64. The van der Waals surface area contributed by atoms with Crippen LogP contribution in [0.2, 0.25) is 0 Å². The Morgan fingerprint density at radius 2 is 1.76 bits per heavy atom. The summed E-state index contributed by atoms with van der Waals surface area (Å²) in [7, 11) is -4.22. The minimum Gasteiger partial charge on any atom is -0.324 e. The van der Waals surface area contributed by atoms with Gasteiger partial charge in [0.2, 0.25) is 0 Å². The molecule has 0 aromatic carbocycles. The van der Waals surface area contributed by atoms with Gasteiger partial charge in [0.25, 0.3) is 0 Å². The first kappa shape index (κ1) is 14.9. The average molecular weight is 262 g/mol. The lowest BCUT2D eigenvalue weighted by Gasteiger charge is -2.30. The van der Waals surface area contributed by atoms with Gasteiger partial charge < -0.3 is 9.79 Å². The fraction of sp³-hybridized carbons (Fsp3) is 0.917. The summed E-state index contributed by atoms with van der Waals surface area (Å²) in [6.45, 7) is 3.61. The maximum atomic E-state index is 11.9. The van der Waals surface area contributed by atoms with E-state index in [2.05, 4.69) is 0 Å². The summed E-state index contributed by atoms with van der Waals surface area (Å²) in [5.41, 5.74) is -0.608. The quantitative estimate of drug-likeness (QED) is 0.747. The molecule has 2 N–H and O–H groups in total. The first-order valence-corrected chi connectivity index (χ1v) is 8.08. The van der Waals surface area contributed by atoms with Crippen molar-refractivity contribution in [1.29, 1.82) is 0 Å². The van der Waals surface area contributed by atoms with Crippen LogP contribution in [0.15, 0.2) is 0 Å². The summed E-state index contributed by atoms with van der Waals surface area (Å²) in [6.07, 6.45) is 6.13. The van der Waals surface area contributed by atoms with Crippen molar-refractivity contribution < 1.29 is 19.1 Å². The lowest BCUT2D eigenvalue weighted by Crippen LogP contribution is -2.30. The molecule has 1 aliphatic rings. The Morgan fingerprint density at radius 1 is 1.24 bits per heavy atom. The van der Waals surface area contributed by atoms with Gasteiger partial charge >= 0.3 is 7.60 Å². The van der Waals surface area contributed by atoms with E-state index in [-0.39, 0.29) is 5.78 Å². The van der Waals surface area contributed by atoms with Gasteiger partial charge in [-0.2, -0.15) is 0 Å². The third-order valence-electron chi connectivity index (χ3n) is 3.63. The topological polar surface area (TPSA) is 74.6 Å². The minimum absolute atomic E-state index is 0.309. The van der Waals surface area contributed by atoms with Crippen LogP contribution in [0.25, 0.3) is 0 Å². The van der Waals surface area contributed by atoms with Crippen molar-refractivity contribution in [3.05, 3.63) is 0 Å². The predicted molar refractivity (Wildman–Crippen MR) is 66.9 cm³/mol. The predicted octanol–water partition coefficient (Wildman–Crippen LogP) is 2.73. The van der Waals surface area contributed by atoms with Crippen molar-refractivity contribution in [2.45, 2.75) is 52.4 Å². The summed E-state index contributed by atoms with van der Waals surface area (Å²) < 4.78 is 10.9. The molecule has 0 aromatic rings. The molecular formula is C12H23O4P. The fourth-order valence-electron chi connectivity index (χ4n) is 2.63. The van der Waals surface area contributed by atoms with Crippen LogP contribution in [0.5, 0.6) is 0 Å². The van der Waals surface area contributed by atoms with Crippen molar-refractivity contribution in [1.82, 2.24) is 0 Å². The monoisotopic (exact) mass is 262 g/mol. The molecule has 0 atom stereocenters. The van der Waals surface area contributed by atoms with Gasteiger partial charge in [-0.1, -0.05) is 46.0 Å². The average Bonchev–Trinajstić information content (AvgIpc) is 2.15. The standard InChI is InChI=1S/C12H23O4P/c1-12(2,11(13)9-17(14,15)16)8-10-6-4-3-5-7-10/h10H,3-9H2,1-2H3,(H2,14,15,16). The molecule has 0 amide bonds. The fourth-order valence-corrected chi connectivity index (χ4v) is 3.43. The van der Waals surface area contributed by atoms with Crippen LogP contribution < -0.4 is 0 Å². The molecule has 0 spiro atoms. The Morgan fingerprint density at radius 3 is 2.24 bits per heavy atom. The maximum Gasteiger partial charge on any atom is 0.332 e. The molecule has 0 bridgehead atoms. The van der Waals surface area contributed by atoms with Crippen molar-refractivity contribution in [3.63, 3.8) is 0 Å². The first-order valence-electron chi connectivity index (χ1n) is 6.28. The van der Waals surface area contributed by atoms with Crippen LogP contribution >= 0.6 is 7.60 Å². The van der Waals surface area contributed by atoms with E-state index >= 15 is 0 Å². The van der Waals surface area contributed by atoms with Crippen LogP contribution in [0.3, 0.4) is 0 Å². The van der Waals surface area contributed by atoms with E-state index < -0.39 is 19.2 Å². The highest BCUT2D eigenvalue weighted by Gasteiger charge is 2.34. The van der Waals surface area contributed by atoms with Gasteiger partial charge in [-0.3, -0.25) is 9.36 Å². The van der Waals surface area contributed by atoms with E-state index in [4.69, 9.17) is 9.79 Å². The molecule has 1 saturated carbocycles. The van der Waals surface area contributed by atoms with E-state index in [1.165, 1.54) is 19.3 Å². The molecule has 0 saturated heterocycles. The molecule has 0 unspecified atom stereocenters. The second-order valence-corrected chi connectivity index (χ2v) is 7.48. The molecule has 1 aliphatic carbocycles. The van der Waals surface area contributed by atoms with Gasteiger partial charge in [0.1, 0.15) is 11.9 Å². The van der Waals surface area contributed by atoms with Gasteiger partial charge in [0.05, 0.1) is 0 Å². The first-order chi connectivity index (χ1) is 7.71. The van der Waals surface area contributed by atoms with Crippen molar-refractivity contribution in [2.24, 2.45) is 11.3 Å². The van der Waals surface area contributed by atoms with Crippen molar-refractivity contribution in [3.8, 4) is 0 Å². The number of carbonyl (C=O) groups is 1. The van der Waals surface area contributed by atoms with Gasteiger partial charge in [-0.05, 0) is 12.3 Å². The number of Topliss-reactive ketones (excluding diaryl/α,β-unsaturated/α-hetero) is 1. The zero-order valence-electron chi connectivity index (χ0n) is 10.7. The SMILES string of the molecule is CC(C)(CC1CCCCC1)C(=O)CP(=O)(O)O. The summed E-state index contributed by atoms with van der Waals surface area (Å²) in [5, 5.41) is 0. The summed E-state index contributed by atoms with van der Waals surface area (Å²) in [5.74, 6) is 0.232. The van der Waals surface area contributed by atoms with Crippen LogP contribution in [0.1, 0.15) is 52.4 Å². The highest BCUT2D eigenvalue weighted by atomic mass is 31.2. The Labute approximate surface area is 103 Å². The molecule has 1 fully saturated rings. The summed E-state index contributed by atoms with van der Waals surface area (Å²) in [4.78, 5) is 29.6. The lowest BCUT2D eigenvalue weighted by atomic mass is 9.75. The Hall–Kier alpha value is -0.180. The molecule has 0 heterocycles. The Balaban J connectivity index is 2.54. The lowest BCUT2D eigenvalue weighted by molar-refractivity contribution is -0.125. The molecule has 4 nitrogen and oxygen atoms in total. The normalized spacial score (nSPS) is 19.3.